The molecule has 2 amide bonds. The molecule has 1 heterocycles. The second-order valence-electron chi connectivity index (χ2n) is 5.31. The Balaban J connectivity index is 2.03. The molecule has 18 heavy (non-hydrogen) atoms. The Labute approximate surface area is 108 Å². The summed E-state index contributed by atoms with van der Waals surface area (Å²) in [6, 6.07) is -0.303. The van der Waals surface area contributed by atoms with Gasteiger partial charge in [0.1, 0.15) is 6.04 Å². The molecule has 2 aliphatic rings. The first-order valence-electron chi connectivity index (χ1n) is 6.72. The lowest BCUT2D eigenvalue weighted by molar-refractivity contribution is -0.135. The number of ether oxygens (including phenoxy) is 1. The number of nitrogens with zero attached hydrogens (tertiary/aromatic N) is 1. The van der Waals surface area contributed by atoms with Gasteiger partial charge < -0.3 is 15.0 Å². The molecule has 1 saturated carbocycles. The zero-order chi connectivity index (χ0) is 13.1. The Hall–Kier alpha value is -1.10. The third kappa shape index (κ3) is 3.02. The summed E-state index contributed by atoms with van der Waals surface area (Å²) in [7, 11) is 1.66. The molecule has 2 unspecified atom stereocenters. The van der Waals surface area contributed by atoms with E-state index in [0.29, 0.717) is 25.5 Å². The van der Waals surface area contributed by atoms with Crippen LogP contribution in [0.25, 0.3) is 0 Å². The third-order valence-corrected chi connectivity index (χ3v) is 3.72. The van der Waals surface area contributed by atoms with Gasteiger partial charge in [-0.25, -0.2) is 0 Å². The zero-order valence-corrected chi connectivity index (χ0v) is 11.1. The first-order valence-corrected chi connectivity index (χ1v) is 6.72. The van der Waals surface area contributed by atoms with E-state index >= 15 is 0 Å². The summed E-state index contributed by atoms with van der Waals surface area (Å²) in [5.74, 6) is 0.450. The highest BCUT2D eigenvalue weighted by atomic mass is 16.5. The molecule has 2 rings (SSSR count). The van der Waals surface area contributed by atoms with E-state index in [1.807, 2.05) is 11.8 Å². The van der Waals surface area contributed by atoms with E-state index in [9.17, 15) is 9.59 Å². The van der Waals surface area contributed by atoms with Crippen LogP contribution in [0, 0.1) is 5.92 Å². The van der Waals surface area contributed by atoms with Gasteiger partial charge in [-0.15, -0.1) is 0 Å². The van der Waals surface area contributed by atoms with Crippen LogP contribution in [0.3, 0.4) is 0 Å². The van der Waals surface area contributed by atoms with E-state index in [2.05, 4.69) is 5.32 Å². The summed E-state index contributed by atoms with van der Waals surface area (Å²) in [4.78, 5) is 26.0. The second kappa shape index (κ2) is 5.69. The quantitative estimate of drug-likeness (QED) is 0.728. The summed E-state index contributed by atoms with van der Waals surface area (Å²) in [5, 5.41) is 2.88. The van der Waals surface area contributed by atoms with Gasteiger partial charge in [-0.3, -0.25) is 9.59 Å². The van der Waals surface area contributed by atoms with Crippen molar-refractivity contribution in [2.75, 3.05) is 20.3 Å². The van der Waals surface area contributed by atoms with Crippen LogP contribution in [0.2, 0.25) is 0 Å². The highest BCUT2D eigenvalue weighted by Crippen LogP contribution is 2.34. The molecule has 0 aromatic carbocycles. The number of hydrogen-bond acceptors (Lipinski definition) is 3. The number of nitrogens with one attached hydrogen (secondary N) is 1. The van der Waals surface area contributed by atoms with Crippen molar-refractivity contribution < 1.29 is 14.3 Å². The van der Waals surface area contributed by atoms with Crippen LogP contribution < -0.4 is 5.32 Å². The molecule has 0 aromatic rings. The number of methoxy groups -OCH3 is 1. The van der Waals surface area contributed by atoms with E-state index in [-0.39, 0.29) is 23.9 Å². The number of rotatable bonds is 5. The maximum Gasteiger partial charge on any atom is 0.245 e. The summed E-state index contributed by atoms with van der Waals surface area (Å²) in [6.07, 6.45) is 3.33. The highest BCUT2D eigenvalue weighted by Gasteiger charge is 2.42. The van der Waals surface area contributed by atoms with Crippen molar-refractivity contribution in [3.63, 3.8) is 0 Å². The fourth-order valence-electron chi connectivity index (χ4n) is 2.53. The van der Waals surface area contributed by atoms with Crippen molar-refractivity contribution in [3.05, 3.63) is 0 Å². The fraction of sp³-hybridized carbons (Fsp3) is 0.846. The summed E-state index contributed by atoms with van der Waals surface area (Å²) in [5.41, 5.74) is 0. The molecule has 2 fully saturated rings. The van der Waals surface area contributed by atoms with E-state index < -0.39 is 0 Å². The van der Waals surface area contributed by atoms with Crippen molar-refractivity contribution in [1.29, 1.82) is 0 Å². The van der Waals surface area contributed by atoms with Crippen LogP contribution in [-0.2, 0) is 14.3 Å². The summed E-state index contributed by atoms with van der Waals surface area (Å²) >= 11 is 0. The van der Waals surface area contributed by atoms with Gasteiger partial charge in [-0.1, -0.05) is 0 Å². The predicted molar refractivity (Wildman–Crippen MR) is 66.9 cm³/mol. The standard InChI is InChI=1S/C13H22N2O3/c1-9-8-11(16)14-12(10-4-5-10)13(17)15(9)6-3-7-18-2/h9-10,12H,3-8H2,1-2H3,(H,14,16). The van der Waals surface area contributed by atoms with Crippen LogP contribution in [0.1, 0.15) is 32.6 Å². The molecule has 1 N–H and O–H groups in total. The lowest BCUT2D eigenvalue weighted by Crippen LogP contribution is -2.48. The number of carbonyl (C=O) groups excluding carboxylic acids is 2. The van der Waals surface area contributed by atoms with Gasteiger partial charge in [0, 0.05) is 32.7 Å². The molecule has 0 radical (unpaired) electrons. The lowest BCUT2D eigenvalue weighted by Gasteiger charge is -2.28. The van der Waals surface area contributed by atoms with Gasteiger partial charge >= 0.3 is 0 Å². The van der Waals surface area contributed by atoms with Crippen molar-refractivity contribution in [1.82, 2.24) is 10.2 Å². The van der Waals surface area contributed by atoms with Gasteiger partial charge in [0.25, 0.3) is 0 Å². The topological polar surface area (TPSA) is 58.6 Å². The second-order valence-corrected chi connectivity index (χ2v) is 5.31. The normalized spacial score (nSPS) is 29.1. The fourth-order valence-corrected chi connectivity index (χ4v) is 2.53. The summed E-state index contributed by atoms with van der Waals surface area (Å²) in [6.45, 7) is 3.26. The zero-order valence-electron chi connectivity index (χ0n) is 11.1. The van der Waals surface area contributed by atoms with Crippen molar-refractivity contribution in [2.24, 2.45) is 5.92 Å². The average molecular weight is 254 g/mol. The van der Waals surface area contributed by atoms with E-state index in [4.69, 9.17) is 4.74 Å². The molecule has 0 spiro atoms. The predicted octanol–water partition coefficient (Wildman–Crippen LogP) is 0.538. The van der Waals surface area contributed by atoms with Gasteiger partial charge in [0.2, 0.25) is 11.8 Å². The Morgan fingerprint density at radius 3 is 2.72 bits per heavy atom. The van der Waals surface area contributed by atoms with Crippen LogP contribution in [-0.4, -0.2) is 49.1 Å². The van der Waals surface area contributed by atoms with Crippen molar-refractivity contribution in [2.45, 2.75) is 44.7 Å². The maximum absolute atomic E-state index is 12.4. The molecule has 1 aliphatic carbocycles. The monoisotopic (exact) mass is 254 g/mol. The Morgan fingerprint density at radius 1 is 1.39 bits per heavy atom. The molecule has 1 saturated heterocycles. The molecule has 102 valence electrons. The van der Waals surface area contributed by atoms with E-state index in [1.165, 1.54) is 0 Å². The Kier molecular flexibility index (Phi) is 4.22. The maximum atomic E-state index is 12.4. The van der Waals surface area contributed by atoms with E-state index in [1.54, 1.807) is 7.11 Å². The van der Waals surface area contributed by atoms with Crippen LogP contribution in [0.4, 0.5) is 0 Å². The molecule has 0 bridgehead atoms. The minimum atomic E-state index is -0.287. The Bertz CT molecular complexity index is 328. The van der Waals surface area contributed by atoms with Crippen molar-refractivity contribution in [3.8, 4) is 0 Å². The summed E-state index contributed by atoms with van der Waals surface area (Å²) < 4.78 is 5.02. The van der Waals surface area contributed by atoms with Crippen LogP contribution in [0.5, 0.6) is 0 Å². The molecular weight excluding hydrogens is 232 g/mol. The highest BCUT2D eigenvalue weighted by molar-refractivity contribution is 5.91. The molecule has 0 aromatic heterocycles. The van der Waals surface area contributed by atoms with Crippen molar-refractivity contribution >= 4 is 11.8 Å². The van der Waals surface area contributed by atoms with Gasteiger partial charge in [0.05, 0.1) is 0 Å². The molecule has 5 heteroatoms. The van der Waals surface area contributed by atoms with E-state index in [0.717, 1.165) is 19.3 Å². The first kappa shape index (κ1) is 13.3. The molecular formula is C13H22N2O3. The first-order chi connectivity index (χ1) is 8.63. The van der Waals surface area contributed by atoms with Gasteiger partial charge in [-0.05, 0) is 32.1 Å². The molecule has 5 nitrogen and oxygen atoms in total. The number of hydrogen-bond donors (Lipinski definition) is 1. The third-order valence-electron chi connectivity index (χ3n) is 3.72. The smallest absolute Gasteiger partial charge is 0.245 e. The minimum Gasteiger partial charge on any atom is -0.385 e. The number of carbonyl (C=O) groups is 2. The number of amides is 2. The van der Waals surface area contributed by atoms with Gasteiger partial charge in [0.15, 0.2) is 0 Å². The Morgan fingerprint density at radius 2 is 2.11 bits per heavy atom. The molecule has 2 atom stereocenters. The van der Waals surface area contributed by atoms with Crippen LogP contribution >= 0.6 is 0 Å². The molecule has 1 aliphatic heterocycles. The van der Waals surface area contributed by atoms with Crippen LogP contribution in [0.15, 0.2) is 0 Å². The SMILES string of the molecule is COCCCN1C(=O)C(C2CC2)NC(=O)CC1C. The van der Waals surface area contributed by atoms with Gasteiger partial charge in [-0.2, -0.15) is 0 Å². The minimum absolute atomic E-state index is 0.00184. The average Bonchev–Trinajstić information content (AvgIpc) is 3.14. The lowest BCUT2D eigenvalue weighted by atomic mass is 10.1. The largest absolute Gasteiger partial charge is 0.385 e.